The minimum Gasteiger partial charge on any atom is -0.508 e. The molecule has 1 N–H and O–H groups in total. The molecule has 0 aliphatic heterocycles. The van der Waals surface area contributed by atoms with Crippen LogP contribution in [0.5, 0.6) is 5.75 Å². The average molecular weight is 210 g/mol. The monoisotopic (exact) mass is 210 g/mol. The van der Waals surface area contributed by atoms with Gasteiger partial charge in [-0.2, -0.15) is 0 Å². The van der Waals surface area contributed by atoms with Gasteiger partial charge in [0.2, 0.25) is 0 Å². The molecule has 3 atom stereocenters. The van der Waals surface area contributed by atoms with E-state index in [1.165, 1.54) is 18.2 Å². The maximum atomic E-state index is 13.5. The van der Waals surface area contributed by atoms with Crippen molar-refractivity contribution in [2.75, 3.05) is 0 Å². The van der Waals surface area contributed by atoms with Gasteiger partial charge < -0.3 is 5.11 Å². The van der Waals surface area contributed by atoms with Crippen LogP contribution in [0, 0.1) is 0 Å². The Hall–Kier alpha value is -1.38. The van der Waals surface area contributed by atoms with Crippen molar-refractivity contribution >= 4 is 0 Å². The molecule has 3 unspecified atom stereocenters. The van der Waals surface area contributed by atoms with E-state index in [0.717, 1.165) is 5.56 Å². The van der Waals surface area contributed by atoms with Crippen LogP contribution >= 0.6 is 0 Å². The summed E-state index contributed by atoms with van der Waals surface area (Å²) in [5.74, 6) is -0.523. The highest BCUT2D eigenvalue weighted by Crippen LogP contribution is 2.37. The summed E-state index contributed by atoms with van der Waals surface area (Å²) in [6.07, 6.45) is -1.59. The first-order valence-electron chi connectivity index (χ1n) is 4.86. The van der Waals surface area contributed by atoms with Crippen molar-refractivity contribution < 1.29 is 13.9 Å². The molecule has 0 radical (unpaired) electrons. The van der Waals surface area contributed by atoms with Gasteiger partial charge in [-0.15, -0.1) is 6.58 Å². The van der Waals surface area contributed by atoms with Gasteiger partial charge in [0, 0.05) is 12.3 Å². The zero-order valence-corrected chi connectivity index (χ0v) is 8.16. The van der Waals surface area contributed by atoms with Crippen LogP contribution in [0.25, 0.3) is 0 Å². The van der Waals surface area contributed by atoms with Gasteiger partial charge in [0.1, 0.15) is 18.1 Å². The van der Waals surface area contributed by atoms with Crippen molar-refractivity contribution in [3.8, 4) is 5.75 Å². The van der Waals surface area contributed by atoms with E-state index in [-0.39, 0.29) is 12.2 Å². The van der Waals surface area contributed by atoms with E-state index in [1.54, 1.807) is 6.07 Å². The van der Waals surface area contributed by atoms with E-state index in [2.05, 4.69) is 6.58 Å². The second kappa shape index (κ2) is 3.65. The van der Waals surface area contributed by atoms with E-state index >= 15 is 0 Å². The van der Waals surface area contributed by atoms with Crippen LogP contribution in [-0.4, -0.2) is 17.4 Å². The van der Waals surface area contributed by atoms with Gasteiger partial charge in [-0.05, 0) is 23.3 Å². The first-order valence-corrected chi connectivity index (χ1v) is 4.86. The lowest BCUT2D eigenvalue weighted by Gasteiger charge is -2.29. The largest absolute Gasteiger partial charge is 0.508 e. The number of aromatic hydroxyl groups is 1. The molecule has 0 fully saturated rings. The summed E-state index contributed by atoms with van der Waals surface area (Å²) >= 11 is 0. The van der Waals surface area contributed by atoms with Crippen LogP contribution in [0.15, 0.2) is 30.9 Å². The third-order valence-corrected chi connectivity index (χ3v) is 2.84. The Kier molecular flexibility index (Phi) is 2.47. The molecule has 0 spiro atoms. The predicted molar refractivity (Wildman–Crippen MR) is 54.5 cm³/mol. The molecule has 1 nitrogen and oxygen atoms in total. The molecule has 2 rings (SSSR count). The molecule has 1 aliphatic rings. The minimum absolute atomic E-state index is 0.0231. The fourth-order valence-corrected chi connectivity index (χ4v) is 2.07. The van der Waals surface area contributed by atoms with E-state index in [1.807, 2.05) is 0 Å². The van der Waals surface area contributed by atoms with Gasteiger partial charge in [0.05, 0.1) is 0 Å². The smallest absolute Gasteiger partial charge is 0.142 e. The molecule has 0 aromatic heterocycles. The zero-order valence-electron chi connectivity index (χ0n) is 8.16. The SMILES string of the molecule is C=CC1c2ccc(O)cc2CC(F)C1F. The predicted octanol–water partition coefficient (Wildman–Crippen LogP) is 2.89. The summed E-state index contributed by atoms with van der Waals surface area (Å²) in [5.41, 5.74) is 1.39. The third-order valence-electron chi connectivity index (χ3n) is 2.84. The van der Waals surface area contributed by atoms with Gasteiger partial charge in [0.15, 0.2) is 0 Å². The first-order chi connectivity index (χ1) is 7.13. The van der Waals surface area contributed by atoms with Gasteiger partial charge in [-0.25, -0.2) is 8.78 Å². The molecular weight excluding hydrogens is 198 g/mol. The Labute approximate surface area is 87.1 Å². The van der Waals surface area contributed by atoms with Gasteiger partial charge in [0.25, 0.3) is 0 Å². The maximum Gasteiger partial charge on any atom is 0.142 e. The minimum atomic E-state index is -1.53. The van der Waals surface area contributed by atoms with E-state index in [0.29, 0.717) is 5.56 Å². The van der Waals surface area contributed by atoms with Crippen LogP contribution in [0.4, 0.5) is 8.78 Å². The summed E-state index contributed by atoms with van der Waals surface area (Å²) in [6, 6.07) is 4.61. The second-order valence-corrected chi connectivity index (χ2v) is 3.81. The summed E-state index contributed by atoms with van der Waals surface area (Å²) in [4.78, 5) is 0. The number of halogens is 2. The highest BCUT2D eigenvalue weighted by atomic mass is 19.2. The second-order valence-electron chi connectivity index (χ2n) is 3.81. The highest BCUT2D eigenvalue weighted by molar-refractivity contribution is 5.42. The lowest BCUT2D eigenvalue weighted by molar-refractivity contribution is 0.142. The Balaban J connectivity index is 2.49. The molecule has 0 amide bonds. The molecule has 1 aliphatic carbocycles. The zero-order chi connectivity index (χ0) is 11.0. The summed E-state index contributed by atoms with van der Waals surface area (Å²) < 4.78 is 26.8. The average Bonchev–Trinajstić information content (AvgIpc) is 2.20. The Morgan fingerprint density at radius 1 is 1.40 bits per heavy atom. The Bertz CT molecular complexity index is 389. The van der Waals surface area contributed by atoms with Crippen LogP contribution in [0.2, 0.25) is 0 Å². The van der Waals surface area contributed by atoms with Crippen molar-refractivity contribution in [2.45, 2.75) is 24.7 Å². The van der Waals surface area contributed by atoms with Crippen molar-refractivity contribution in [1.29, 1.82) is 0 Å². The number of rotatable bonds is 1. The molecular formula is C12H12F2O. The van der Waals surface area contributed by atoms with Crippen molar-refractivity contribution in [2.24, 2.45) is 0 Å². The van der Waals surface area contributed by atoms with Crippen LogP contribution in [0.3, 0.4) is 0 Å². The maximum absolute atomic E-state index is 13.5. The Morgan fingerprint density at radius 3 is 2.80 bits per heavy atom. The lowest BCUT2D eigenvalue weighted by atomic mass is 9.80. The number of benzene rings is 1. The van der Waals surface area contributed by atoms with Gasteiger partial charge in [-0.1, -0.05) is 12.1 Å². The summed E-state index contributed by atoms with van der Waals surface area (Å²) in [5, 5.41) is 9.26. The number of alkyl halides is 2. The lowest BCUT2D eigenvalue weighted by Crippen LogP contribution is -2.31. The topological polar surface area (TPSA) is 20.2 Å². The van der Waals surface area contributed by atoms with E-state index in [9.17, 15) is 13.9 Å². The molecule has 1 aromatic rings. The highest BCUT2D eigenvalue weighted by Gasteiger charge is 2.35. The molecule has 0 saturated carbocycles. The van der Waals surface area contributed by atoms with Crippen LogP contribution in [-0.2, 0) is 6.42 Å². The van der Waals surface area contributed by atoms with Crippen LogP contribution in [0.1, 0.15) is 17.0 Å². The van der Waals surface area contributed by atoms with E-state index in [4.69, 9.17) is 0 Å². The summed E-state index contributed by atoms with van der Waals surface area (Å²) in [6.45, 7) is 3.52. The molecule has 0 saturated heterocycles. The normalized spacial score (nSPS) is 29.6. The van der Waals surface area contributed by atoms with Crippen molar-refractivity contribution in [1.82, 2.24) is 0 Å². The fourth-order valence-electron chi connectivity index (χ4n) is 2.07. The number of phenolic OH excluding ortho intramolecular Hbond substituents is 1. The molecule has 0 heterocycles. The molecule has 3 heteroatoms. The summed E-state index contributed by atoms with van der Waals surface area (Å²) in [7, 11) is 0. The molecule has 0 bridgehead atoms. The molecule has 15 heavy (non-hydrogen) atoms. The number of hydrogen-bond acceptors (Lipinski definition) is 1. The number of allylic oxidation sites excluding steroid dienone is 1. The number of fused-ring (bicyclic) bond motifs is 1. The number of hydrogen-bond donors (Lipinski definition) is 1. The van der Waals surface area contributed by atoms with Crippen molar-refractivity contribution in [3.05, 3.63) is 42.0 Å². The fraction of sp³-hybridized carbons (Fsp3) is 0.333. The molecule has 1 aromatic carbocycles. The van der Waals surface area contributed by atoms with Crippen molar-refractivity contribution in [3.63, 3.8) is 0 Å². The molecule has 80 valence electrons. The quantitative estimate of drug-likeness (QED) is 0.706. The standard InChI is InChI=1S/C12H12F2O/c1-2-9-10-4-3-8(15)5-7(10)6-11(13)12(9)14/h2-5,9,11-12,15H,1,6H2. The van der Waals surface area contributed by atoms with E-state index < -0.39 is 18.3 Å². The van der Waals surface area contributed by atoms with Gasteiger partial charge >= 0.3 is 0 Å². The van der Waals surface area contributed by atoms with Crippen LogP contribution < -0.4 is 0 Å². The number of phenols is 1. The third kappa shape index (κ3) is 1.62. The van der Waals surface area contributed by atoms with Gasteiger partial charge in [-0.3, -0.25) is 0 Å². The first kappa shape index (κ1) is 10.1. The Morgan fingerprint density at radius 2 is 2.13 bits per heavy atom.